The van der Waals surface area contributed by atoms with Crippen molar-refractivity contribution in [1.29, 1.82) is 0 Å². The molecule has 1 saturated heterocycles. The van der Waals surface area contributed by atoms with Gasteiger partial charge >= 0.3 is 0 Å². The van der Waals surface area contributed by atoms with Gasteiger partial charge in [0.25, 0.3) is 0 Å². The van der Waals surface area contributed by atoms with Gasteiger partial charge in [-0.05, 0) is 55.3 Å². The lowest BCUT2D eigenvalue weighted by atomic mass is 10.1. The number of carbonyl (C=O) groups is 1. The predicted octanol–water partition coefficient (Wildman–Crippen LogP) is 1.29. The topological polar surface area (TPSA) is 122 Å². The summed E-state index contributed by atoms with van der Waals surface area (Å²) >= 11 is 0. The number of nitrogens with one attached hydrogen (secondary N) is 1. The van der Waals surface area contributed by atoms with Crippen molar-refractivity contribution in [3.63, 3.8) is 0 Å². The van der Waals surface area contributed by atoms with Crippen LogP contribution in [0.2, 0.25) is 0 Å². The zero-order valence-electron chi connectivity index (χ0n) is 20.1. The predicted molar refractivity (Wildman–Crippen MR) is 133 cm³/mol. The molecule has 1 N–H and O–H groups in total. The normalized spacial score (nSPS) is 14.9. The van der Waals surface area contributed by atoms with E-state index in [4.69, 9.17) is 9.47 Å². The van der Waals surface area contributed by atoms with Crippen molar-refractivity contribution in [1.82, 2.24) is 9.62 Å². The lowest BCUT2D eigenvalue weighted by molar-refractivity contribution is -0.119. The fourth-order valence-electron chi connectivity index (χ4n) is 3.56. The first-order valence-electron chi connectivity index (χ1n) is 11.1. The zero-order chi connectivity index (χ0) is 25.6. The van der Waals surface area contributed by atoms with Crippen molar-refractivity contribution in [2.24, 2.45) is 0 Å². The molecule has 0 atom stereocenters. The minimum absolute atomic E-state index is 0.129. The molecule has 1 aliphatic heterocycles. The Labute approximate surface area is 206 Å². The summed E-state index contributed by atoms with van der Waals surface area (Å²) in [6.07, 6.45) is 1.06. The van der Waals surface area contributed by atoms with Crippen LogP contribution in [0.15, 0.2) is 47.4 Å². The Morgan fingerprint density at radius 1 is 1.06 bits per heavy atom. The van der Waals surface area contributed by atoms with Crippen LogP contribution in [0, 0.1) is 13.8 Å². The Kier molecular flexibility index (Phi) is 8.75. The highest BCUT2D eigenvalue weighted by molar-refractivity contribution is 7.92. The average molecular weight is 526 g/mol. The Morgan fingerprint density at radius 3 is 2.34 bits per heavy atom. The SMILES string of the molecule is Cc1ccc(C)c(N(CC(=O)NCCOc2ccc(S(=O)(=O)N3CCOCC3)cc2)S(C)(=O)=O)c1. The number of ether oxygens (including phenoxy) is 2. The van der Waals surface area contributed by atoms with Crippen LogP contribution in [-0.2, 0) is 29.6 Å². The molecule has 0 radical (unpaired) electrons. The summed E-state index contributed by atoms with van der Waals surface area (Å²) in [5.41, 5.74) is 2.10. The fraction of sp³-hybridized carbons (Fsp3) is 0.435. The molecule has 192 valence electrons. The summed E-state index contributed by atoms with van der Waals surface area (Å²) in [5.74, 6) is -0.0137. The first kappa shape index (κ1) is 26.9. The van der Waals surface area contributed by atoms with Crippen molar-refractivity contribution in [3.05, 3.63) is 53.6 Å². The van der Waals surface area contributed by atoms with Gasteiger partial charge in [-0.3, -0.25) is 9.10 Å². The summed E-state index contributed by atoms with van der Waals surface area (Å²) < 4.78 is 63.2. The molecule has 2 aromatic carbocycles. The number of rotatable bonds is 10. The molecule has 1 heterocycles. The van der Waals surface area contributed by atoms with E-state index in [1.165, 1.54) is 16.4 Å². The van der Waals surface area contributed by atoms with Gasteiger partial charge in [0.05, 0.1) is 36.6 Å². The van der Waals surface area contributed by atoms with Crippen LogP contribution in [0.25, 0.3) is 0 Å². The molecule has 0 spiro atoms. The molecule has 1 amide bonds. The molecule has 0 unspecified atom stereocenters. The first-order valence-corrected chi connectivity index (χ1v) is 14.4. The highest BCUT2D eigenvalue weighted by Crippen LogP contribution is 2.24. The van der Waals surface area contributed by atoms with Crippen molar-refractivity contribution in [2.75, 3.05) is 56.6 Å². The van der Waals surface area contributed by atoms with Crippen LogP contribution < -0.4 is 14.4 Å². The zero-order valence-corrected chi connectivity index (χ0v) is 21.7. The number of aryl methyl sites for hydroxylation is 2. The van der Waals surface area contributed by atoms with Crippen molar-refractivity contribution in [3.8, 4) is 5.75 Å². The second kappa shape index (κ2) is 11.4. The maximum atomic E-state index is 12.7. The van der Waals surface area contributed by atoms with Gasteiger partial charge < -0.3 is 14.8 Å². The van der Waals surface area contributed by atoms with Gasteiger partial charge in [-0.2, -0.15) is 4.31 Å². The minimum Gasteiger partial charge on any atom is -0.492 e. The quantitative estimate of drug-likeness (QED) is 0.464. The molecule has 0 aromatic heterocycles. The summed E-state index contributed by atoms with van der Waals surface area (Å²) in [6.45, 7) is 4.96. The lowest BCUT2D eigenvalue weighted by Crippen LogP contribution is -2.41. The summed E-state index contributed by atoms with van der Waals surface area (Å²) in [7, 11) is -7.25. The van der Waals surface area contributed by atoms with Crippen LogP contribution in [0.5, 0.6) is 5.75 Å². The van der Waals surface area contributed by atoms with E-state index in [2.05, 4.69) is 5.32 Å². The number of benzene rings is 2. The molecule has 1 aliphatic rings. The van der Waals surface area contributed by atoms with E-state index in [0.717, 1.165) is 21.7 Å². The number of carbonyl (C=O) groups excluding carboxylic acids is 1. The molecule has 1 fully saturated rings. The number of anilines is 1. The first-order chi connectivity index (χ1) is 16.5. The third kappa shape index (κ3) is 7.17. The van der Waals surface area contributed by atoms with E-state index < -0.39 is 26.0 Å². The van der Waals surface area contributed by atoms with Gasteiger partial charge in [-0.15, -0.1) is 0 Å². The smallest absolute Gasteiger partial charge is 0.243 e. The maximum Gasteiger partial charge on any atom is 0.243 e. The number of nitrogens with zero attached hydrogens (tertiary/aromatic N) is 2. The van der Waals surface area contributed by atoms with Crippen molar-refractivity contribution < 1.29 is 31.1 Å². The van der Waals surface area contributed by atoms with E-state index in [9.17, 15) is 21.6 Å². The van der Waals surface area contributed by atoms with Crippen LogP contribution >= 0.6 is 0 Å². The number of hydrogen-bond donors (Lipinski definition) is 1. The molecule has 2 aromatic rings. The Bertz CT molecular complexity index is 1240. The monoisotopic (exact) mass is 525 g/mol. The summed E-state index contributed by atoms with van der Waals surface area (Å²) in [5, 5.41) is 2.65. The van der Waals surface area contributed by atoms with Crippen LogP contribution in [-0.4, -0.2) is 79.3 Å². The molecule has 35 heavy (non-hydrogen) atoms. The Morgan fingerprint density at radius 2 is 1.71 bits per heavy atom. The number of morpholine rings is 1. The second-order valence-corrected chi connectivity index (χ2v) is 12.1. The van der Waals surface area contributed by atoms with Gasteiger partial charge in [0, 0.05) is 13.1 Å². The van der Waals surface area contributed by atoms with Crippen LogP contribution in [0.1, 0.15) is 11.1 Å². The van der Waals surface area contributed by atoms with E-state index in [-0.39, 0.29) is 24.6 Å². The second-order valence-electron chi connectivity index (χ2n) is 8.25. The highest BCUT2D eigenvalue weighted by Gasteiger charge is 2.26. The van der Waals surface area contributed by atoms with E-state index in [0.29, 0.717) is 37.7 Å². The van der Waals surface area contributed by atoms with Gasteiger partial charge in [-0.25, -0.2) is 16.8 Å². The molecular formula is C23H31N3O7S2. The maximum absolute atomic E-state index is 12.7. The lowest BCUT2D eigenvalue weighted by Gasteiger charge is -2.26. The Hall–Kier alpha value is -2.67. The minimum atomic E-state index is -3.67. The van der Waals surface area contributed by atoms with E-state index in [1.807, 2.05) is 19.1 Å². The van der Waals surface area contributed by atoms with E-state index >= 15 is 0 Å². The molecule has 12 heteroatoms. The summed E-state index contributed by atoms with van der Waals surface area (Å²) in [4.78, 5) is 12.6. The molecule has 3 rings (SSSR count). The molecule has 0 bridgehead atoms. The summed E-state index contributed by atoms with van der Waals surface area (Å²) in [6, 6.07) is 11.5. The largest absolute Gasteiger partial charge is 0.492 e. The van der Waals surface area contributed by atoms with Crippen molar-refractivity contribution in [2.45, 2.75) is 18.7 Å². The molecule has 0 saturated carbocycles. The van der Waals surface area contributed by atoms with E-state index in [1.54, 1.807) is 25.1 Å². The number of amides is 1. The van der Waals surface area contributed by atoms with Gasteiger partial charge in [0.2, 0.25) is 26.0 Å². The third-order valence-electron chi connectivity index (χ3n) is 5.45. The number of hydrogen-bond acceptors (Lipinski definition) is 7. The van der Waals surface area contributed by atoms with Crippen LogP contribution in [0.4, 0.5) is 5.69 Å². The van der Waals surface area contributed by atoms with Gasteiger partial charge in [-0.1, -0.05) is 12.1 Å². The van der Waals surface area contributed by atoms with Gasteiger partial charge in [0.1, 0.15) is 18.9 Å². The molecule has 10 nitrogen and oxygen atoms in total. The molecule has 0 aliphatic carbocycles. The average Bonchev–Trinajstić information content (AvgIpc) is 2.82. The van der Waals surface area contributed by atoms with Crippen molar-refractivity contribution >= 4 is 31.6 Å². The third-order valence-corrected chi connectivity index (χ3v) is 8.48. The standard InChI is InChI=1S/C23H31N3O7S2/c1-18-4-5-19(2)22(16-18)26(34(3,28)29)17-23(27)24-10-13-33-20-6-8-21(9-7-20)35(30,31)25-11-14-32-15-12-25/h4-9,16H,10-15,17H2,1-3H3,(H,24,27). The number of sulfonamides is 2. The van der Waals surface area contributed by atoms with Crippen LogP contribution in [0.3, 0.4) is 0 Å². The highest BCUT2D eigenvalue weighted by atomic mass is 32.2. The van der Waals surface area contributed by atoms with Gasteiger partial charge in [0.15, 0.2) is 0 Å². The Balaban J connectivity index is 1.52. The molecular weight excluding hydrogens is 494 g/mol. The fourth-order valence-corrected chi connectivity index (χ4v) is 5.87.